The highest BCUT2D eigenvalue weighted by Gasteiger charge is 2.11. The number of benzene rings is 1. The second kappa shape index (κ2) is 15.1. The highest BCUT2D eigenvalue weighted by Crippen LogP contribution is 2.10. The molecule has 166 valence electrons. The zero-order valence-corrected chi connectivity index (χ0v) is 19.4. The van der Waals surface area contributed by atoms with Gasteiger partial charge in [-0.2, -0.15) is 10.2 Å². The van der Waals surface area contributed by atoms with Crippen LogP contribution >= 0.6 is 24.4 Å². The summed E-state index contributed by atoms with van der Waals surface area (Å²) in [6.45, 7) is 7.08. The Labute approximate surface area is 188 Å². The molecule has 0 radical (unpaired) electrons. The number of hydrazone groups is 2. The Morgan fingerprint density at radius 3 is 2.00 bits per heavy atom. The molecule has 0 fully saturated rings. The lowest BCUT2D eigenvalue weighted by Crippen LogP contribution is -2.42. The molecule has 1 aromatic carbocycles. The van der Waals surface area contributed by atoms with Crippen molar-refractivity contribution in [3.05, 3.63) is 29.8 Å². The topological polar surface area (TPSA) is 130 Å². The van der Waals surface area contributed by atoms with E-state index in [1.54, 1.807) is 33.0 Å². The Morgan fingerprint density at radius 1 is 1.07 bits per heavy atom. The standard InChI is InChI=1S/C10H18N6O2S2.C9H12O/c1-5(13-15-9(19)11-4)6(2)14-16-10(20)12-7(3)8(17)18;1-2-3-8-4-6-9(10)7-5-8/h7H,1-4H3,(H,17,18)(H2,11,15,19)(H2,12,16,20);4-7,10H,2-3H2,1H3/b13-5+,14-6+;. The van der Waals surface area contributed by atoms with Crippen molar-refractivity contribution in [1.29, 1.82) is 0 Å². The van der Waals surface area contributed by atoms with Gasteiger partial charge in [-0.05, 0) is 69.3 Å². The van der Waals surface area contributed by atoms with Crippen LogP contribution in [0.4, 0.5) is 0 Å². The number of carboxylic acid groups (broad SMARTS) is 1. The van der Waals surface area contributed by atoms with E-state index in [4.69, 9.17) is 34.6 Å². The van der Waals surface area contributed by atoms with Gasteiger partial charge in [0.05, 0.1) is 11.4 Å². The predicted molar refractivity (Wildman–Crippen MR) is 129 cm³/mol. The molecule has 1 unspecified atom stereocenters. The summed E-state index contributed by atoms with van der Waals surface area (Å²) in [7, 11) is 1.68. The number of carbonyl (C=O) groups is 1. The first-order chi connectivity index (χ1) is 14.1. The van der Waals surface area contributed by atoms with Gasteiger partial charge in [0.1, 0.15) is 11.8 Å². The second-order valence-electron chi connectivity index (χ2n) is 6.15. The highest BCUT2D eigenvalue weighted by atomic mass is 32.1. The van der Waals surface area contributed by atoms with Crippen molar-refractivity contribution < 1.29 is 15.0 Å². The number of phenolic OH excluding ortho intramolecular Hbond substituents is 1. The number of thiocarbonyl (C=S) groups is 2. The minimum atomic E-state index is -1.00. The van der Waals surface area contributed by atoms with Crippen LogP contribution in [-0.4, -0.2) is 50.9 Å². The summed E-state index contributed by atoms with van der Waals surface area (Å²) in [6, 6.07) is 6.57. The van der Waals surface area contributed by atoms with Crippen molar-refractivity contribution in [1.82, 2.24) is 21.5 Å². The lowest BCUT2D eigenvalue weighted by Gasteiger charge is -2.11. The van der Waals surface area contributed by atoms with Gasteiger partial charge in [0.2, 0.25) is 0 Å². The molecule has 0 aliphatic carbocycles. The van der Waals surface area contributed by atoms with Crippen LogP contribution in [0.2, 0.25) is 0 Å². The van der Waals surface area contributed by atoms with Gasteiger partial charge < -0.3 is 20.8 Å². The number of aryl methyl sites for hydroxylation is 1. The van der Waals surface area contributed by atoms with Crippen LogP contribution in [0.1, 0.15) is 39.7 Å². The minimum absolute atomic E-state index is 0.116. The van der Waals surface area contributed by atoms with E-state index in [1.165, 1.54) is 12.5 Å². The molecular formula is C19H30N6O3S2. The molecule has 0 spiro atoms. The molecule has 0 aliphatic rings. The molecule has 1 aromatic rings. The predicted octanol–water partition coefficient (Wildman–Crippen LogP) is 2.11. The van der Waals surface area contributed by atoms with E-state index >= 15 is 0 Å². The fraction of sp³-hybridized carbons (Fsp3) is 0.421. The van der Waals surface area contributed by atoms with Gasteiger partial charge in [0, 0.05) is 7.05 Å². The maximum atomic E-state index is 10.6. The number of aromatic hydroxyl groups is 1. The molecule has 0 saturated carbocycles. The van der Waals surface area contributed by atoms with Crippen molar-refractivity contribution in [2.45, 2.75) is 46.6 Å². The molecule has 0 aromatic heterocycles. The first kappa shape index (κ1) is 27.2. The Morgan fingerprint density at radius 2 is 1.57 bits per heavy atom. The van der Waals surface area contributed by atoms with Crippen molar-refractivity contribution >= 4 is 52.1 Å². The number of rotatable bonds is 7. The smallest absolute Gasteiger partial charge is 0.325 e. The maximum Gasteiger partial charge on any atom is 0.325 e. The van der Waals surface area contributed by atoms with Gasteiger partial charge in [-0.1, -0.05) is 25.5 Å². The van der Waals surface area contributed by atoms with Crippen molar-refractivity contribution in [3.63, 3.8) is 0 Å². The van der Waals surface area contributed by atoms with E-state index in [0.717, 1.165) is 12.8 Å². The van der Waals surface area contributed by atoms with Gasteiger partial charge in [0.15, 0.2) is 10.2 Å². The lowest BCUT2D eigenvalue weighted by atomic mass is 10.1. The number of phenols is 1. The number of hydrogen-bond donors (Lipinski definition) is 6. The lowest BCUT2D eigenvalue weighted by molar-refractivity contribution is -0.138. The molecular weight excluding hydrogens is 424 g/mol. The average molecular weight is 455 g/mol. The van der Waals surface area contributed by atoms with Crippen LogP contribution in [-0.2, 0) is 11.2 Å². The monoisotopic (exact) mass is 454 g/mol. The van der Waals surface area contributed by atoms with Crippen LogP contribution in [0, 0.1) is 0 Å². The first-order valence-electron chi connectivity index (χ1n) is 9.24. The molecule has 11 heteroatoms. The molecule has 0 heterocycles. The Hall–Kier alpha value is -2.79. The van der Waals surface area contributed by atoms with E-state index in [0.29, 0.717) is 22.3 Å². The van der Waals surface area contributed by atoms with E-state index in [1.807, 2.05) is 12.1 Å². The third-order valence-electron chi connectivity index (χ3n) is 3.59. The van der Waals surface area contributed by atoms with E-state index in [9.17, 15) is 4.79 Å². The highest BCUT2D eigenvalue weighted by molar-refractivity contribution is 7.80. The first-order valence-corrected chi connectivity index (χ1v) is 10.1. The molecule has 0 saturated heterocycles. The summed E-state index contributed by atoms with van der Waals surface area (Å²) >= 11 is 9.77. The number of nitrogens with zero attached hydrogens (tertiary/aromatic N) is 2. The largest absolute Gasteiger partial charge is 0.508 e. The molecule has 9 nitrogen and oxygen atoms in total. The van der Waals surface area contributed by atoms with E-state index in [2.05, 4.69) is 38.6 Å². The summed E-state index contributed by atoms with van der Waals surface area (Å²) < 4.78 is 0. The van der Waals surface area contributed by atoms with Gasteiger partial charge >= 0.3 is 5.97 Å². The molecule has 0 aliphatic heterocycles. The molecule has 6 N–H and O–H groups in total. The van der Waals surface area contributed by atoms with E-state index in [-0.39, 0.29) is 5.11 Å². The maximum absolute atomic E-state index is 10.6. The summed E-state index contributed by atoms with van der Waals surface area (Å²) in [4.78, 5) is 10.6. The number of carboxylic acids is 1. The van der Waals surface area contributed by atoms with Crippen LogP contribution in [0.15, 0.2) is 34.5 Å². The van der Waals surface area contributed by atoms with Crippen LogP contribution in [0.5, 0.6) is 5.75 Å². The fourth-order valence-electron chi connectivity index (χ4n) is 1.73. The van der Waals surface area contributed by atoms with Gasteiger partial charge in [0.25, 0.3) is 0 Å². The number of nitrogens with one attached hydrogen (secondary N) is 4. The average Bonchev–Trinajstić information content (AvgIpc) is 2.72. The van der Waals surface area contributed by atoms with Crippen molar-refractivity contribution in [2.24, 2.45) is 10.2 Å². The summed E-state index contributed by atoms with van der Waals surface area (Å²) in [5.41, 5.74) is 7.63. The quantitative estimate of drug-likeness (QED) is 0.208. The SMILES string of the molecule is CCCc1ccc(O)cc1.CNC(=S)N/N=C(C)/C(C)=N/NC(=S)NC(C)C(=O)O. The summed E-state index contributed by atoms with van der Waals surface area (Å²) in [6.07, 6.45) is 2.26. The molecule has 0 bridgehead atoms. The minimum Gasteiger partial charge on any atom is -0.508 e. The Kier molecular flexibility index (Phi) is 13.7. The number of aliphatic carboxylic acids is 1. The summed E-state index contributed by atoms with van der Waals surface area (Å²) in [5.74, 6) is -0.655. The van der Waals surface area contributed by atoms with Gasteiger partial charge in [-0.15, -0.1) is 0 Å². The molecule has 30 heavy (non-hydrogen) atoms. The zero-order chi connectivity index (χ0) is 23.1. The Bertz CT molecular complexity index is 766. The molecule has 1 rings (SSSR count). The second-order valence-corrected chi connectivity index (χ2v) is 6.96. The zero-order valence-electron chi connectivity index (χ0n) is 17.8. The summed E-state index contributed by atoms with van der Waals surface area (Å²) in [5, 5.41) is 31.4. The molecule has 1 atom stereocenters. The third kappa shape index (κ3) is 12.6. The Balaban J connectivity index is 0.000000696. The fourth-order valence-corrected chi connectivity index (χ4v) is 2.00. The van der Waals surface area contributed by atoms with Crippen LogP contribution in [0.25, 0.3) is 0 Å². The van der Waals surface area contributed by atoms with Crippen molar-refractivity contribution in [3.8, 4) is 5.75 Å². The van der Waals surface area contributed by atoms with Crippen molar-refractivity contribution in [2.75, 3.05) is 7.05 Å². The van der Waals surface area contributed by atoms with Gasteiger partial charge in [-0.3, -0.25) is 15.6 Å². The van der Waals surface area contributed by atoms with Crippen LogP contribution < -0.4 is 21.5 Å². The van der Waals surface area contributed by atoms with Crippen LogP contribution in [0.3, 0.4) is 0 Å². The normalized spacial score (nSPS) is 12.0. The molecule has 0 amide bonds. The number of hydrogen-bond acceptors (Lipinski definition) is 6. The van der Waals surface area contributed by atoms with E-state index < -0.39 is 12.0 Å². The third-order valence-corrected chi connectivity index (χ3v) is 4.10. The van der Waals surface area contributed by atoms with Gasteiger partial charge in [-0.25, -0.2) is 0 Å².